The summed E-state index contributed by atoms with van der Waals surface area (Å²) in [5.41, 5.74) is 1.02. The fourth-order valence-electron chi connectivity index (χ4n) is 2.64. The molecular formula is C17H12Cl4N2O2. The van der Waals surface area contributed by atoms with Crippen molar-refractivity contribution in [2.75, 3.05) is 16.8 Å². The number of anilines is 2. The van der Waals surface area contributed by atoms with Crippen molar-refractivity contribution >= 4 is 69.6 Å². The number of amides is 2. The normalized spacial score (nSPS) is 17.0. The molecule has 0 spiro atoms. The Labute approximate surface area is 164 Å². The Morgan fingerprint density at radius 3 is 2.52 bits per heavy atom. The van der Waals surface area contributed by atoms with Crippen LogP contribution >= 0.6 is 46.4 Å². The van der Waals surface area contributed by atoms with Crippen LogP contribution in [0.1, 0.15) is 6.42 Å². The van der Waals surface area contributed by atoms with E-state index in [2.05, 4.69) is 5.32 Å². The molecule has 0 bridgehead atoms. The fourth-order valence-corrected chi connectivity index (χ4v) is 3.33. The highest BCUT2D eigenvalue weighted by Crippen LogP contribution is 2.36. The number of hydrogen-bond acceptors (Lipinski definition) is 2. The first-order valence-corrected chi connectivity index (χ1v) is 8.88. The van der Waals surface area contributed by atoms with Gasteiger partial charge in [0.15, 0.2) is 0 Å². The summed E-state index contributed by atoms with van der Waals surface area (Å²) in [6.07, 6.45) is 0.0933. The molecule has 1 N–H and O–H groups in total. The second-order valence-electron chi connectivity index (χ2n) is 5.60. The van der Waals surface area contributed by atoms with Crippen LogP contribution in [0.25, 0.3) is 0 Å². The summed E-state index contributed by atoms with van der Waals surface area (Å²) >= 11 is 24.0. The predicted octanol–water partition coefficient (Wildman–Crippen LogP) is 5.29. The Bertz CT molecular complexity index is 857. The molecule has 3 rings (SSSR count). The number of carbonyl (C=O) groups is 2. The number of rotatable bonds is 3. The fraction of sp³-hybridized carbons (Fsp3) is 0.176. The van der Waals surface area contributed by atoms with Gasteiger partial charge in [0.1, 0.15) is 0 Å². The molecule has 130 valence electrons. The molecule has 0 unspecified atom stereocenters. The molecule has 25 heavy (non-hydrogen) atoms. The van der Waals surface area contributed by atoms with Gasteiger partial charge in [0.05, 0.1) is 31.7 Å². The van der Waals surface area contributed by atoms with Crippen molar-refractivity contribution < 1.29 is 9.59 Å². The van der Waals surface area contributed by atoms with Crippen LogP contribution in [0.4, 0.5) is 11.4 Å². The van der Waals surface area contributed by atoms with Crippen LogP contribution in [0.3, 0.4) is 0 Å². The Morgan fingerprint density at radius 1 is 1.04 bits per heavy atom. The molecule has 0 radical (unpaired) electrons. The van der Waals surface area contributed by atoms with E-state index in [1.54, 1.807) is 36.4 Å². The Balaban J connectivity index is 1.74. The minimum Gasteiger partial charge on any atom is -0.326 e. The van der Waals surface area contributed by atoms with E-state index in [4.69, 9.17) is 46.4 Å². The van der Waals surface area contributed by atoms with E-state index in [-0.39, 0.29) is 24.8 Å². The lowest BCUT2D eigenvalue weighted by atomic mass is 10.1. The Morgan fingerprint density at radius 2 is 1.80 bits per heavy atom. The molecule has 0 saturated carbocycles. The first-order chi connectivity index (χ1) is 11.9. The van der Waals surface area contributed by atoms with E-state index in [1.165, 1.54) is 4.90 Å². The Hall–Kier alpha value is -1.46. The van der Waals surface area contributed by atoms with Gasteiger partial charge in [-0.15, -0.1) is 0 Å². The van der Waals surface area contributed by atoms with E-state index in [0.29, 0.717) is 31.5 Å². The molecule has 2 amide bonds. The second-order valence-corrected chi connectivity index (χ2v) is 7.20. The quantitative estimate of drug-likeness (QED) is 0.737. The van der Waals surface area contributed by atoms with Crippen LogP contribution in [-0.2, 0) is 9.59 Å². The number of halogens is 4. The van der Waals surface area contributed by atoms with Crippen molar-refractivity contribution in [1.29, 1.82) is 0 Å². The van der Waals surface area contributed by atoms with Crippen LogP contribution in [0.15, 0.2) is 36.4 Å². The predicted molar refractivity (Wildman–Crippen MR) is 102 cm³/mol. The first kappa shape index (κ1) is 18.3. The molecule has 0 aromatic heterocycles. The van der Waals surface area contributed by atoms with Gasteiger partial charge in [0.2, 0.25) is 11.8 Å². The van der Waals surface area contributed by atoms with Crippen LogP contribution in [0.2, 0.25) is 20.1 Å². The van der Waals surface area contributed by atoms with Gasteiger partial charge in [0, 0.05) is 18.7 Å². The summed E-state index contributed by atoms with van der Waals surface area (Å²) in [7, 11) is 0. The minimum absolute atomic E-state index is 0.0933. The highest BCUT2D eigenvalue weighted by Gasteiger charge is 2.36. The molecule has 8 heteroatoms. The molecular weight excluding hydrogens is 406 g/mol. The van der Waals surface area contributed by atoms with E-state index >= 15 is 0 Å². The number of benzene rings is 2. The average molecular weight is 418 g/mol. The summed E-state index contributed by atoms with van der Waals surface area (Å²) in [5.74, 6) is -0.956. The third-order valence-electron chi connectivity index (χ3n) is 3.90. The third-order valence-corrected chi connectivity index (χ3v) is 5.45. The van der Waals surface area contributed by atoms with Crippen molar-refractivity contribution in [3.63, 3.8) is 0 Å². The van der Waals surface area contributed by atoms with Crippen molar-refractivity contribution in [3.8, 4) is 0 Å². The van der Waals surface area contributed by atoms with E-state index in [1.807, 2.05) is 0 Å². The summed E-state index contributed by atoms with van der Waals surface area (Å²) < 4.78 is 0. The van der Waals surface area contributed by atoms with Gasteiger partial charge < -0.3 is 10.2 Å². The SMILES string of the molecule is O=C(Nc1ccc(Cl)c(Cl)c1)[C@@H]1CC(=O)N(c2cccc(Cl)c2Cl)C1. The van der Waals surface area contributed by atoms with Crippen LogP contribution in [-0.4, -0.2) is 18.4 Å². The van der Waals surface area contributed by atoms with Crippen LogP contribution < -0.4 is 10.2 Å². The minimum atomic E-state index is -0.503. The zero-order valence-corrected chi connectivity index (χ0v) is 15.8. The van der Waals surface area contributed by atoms with Crippen LogP contribution in [0.5, 0.6) is 0 Å². The summed E-state index contributed by atoms with van der Waals surface area (Å²) in [6.45, 7) is 0.228. The van der Waals surface area contributed by atoms with E-state index in [9.17, 15) is 9.59 Å². The maximum absolute atomic E-state index is 12.5. The number of hydrogen-bond donors (Lipinski definition) is 1. The monoisotopic (exact) mass is 416 g/mol. The first-order valence-electron chi connectivity index (χ1n) is 7.37. The average Bonchev–Trinajstić information content (AvgIpc) is 2.95. The van der Waals surface area contributed by atoms with Gasteiger partial charge >= 0.3 is 0 Å². The van der Waals surface area contributed by atoms with Gasteiger partial charge in [-0.2, -0.15) is 0 Å². The van der Waals surface area contributed by atoms with Gasteiger partial charge in [-0.1, -0.05) is 52.5 Å². The molecule has 4 nitrogen and oxygen atoms in total. The molecule has 1 fully saturated rings. The zero-order valence-electron chi connectivity index (χ0n) is 12.7. The smallest absolute Gasteiger partial charge is 0.229 e. The summed E-state index contributed by atoms with van der Waals surface area (Å²) in [5, 5.41) is 4.14. The lowest BCUT2D eigenvalue weighted by Gasteiger charge is -2.18. The van der Waals surface area contributed by atoms with Crippen molar-refractivity contribution in [1.82, 2.24) is 0 Å². The largest absolute Gasteiger partial charge is 0.326 e. The van der Waals surface area contributed by atoms with E-state index < -0.39 is 5.92 Å². The molecule has 0 aliphatic carbocycles. The lowest BCUT2D eigenvalue weighted by Crippen LogP contribution is -2.28. The highest BCUT2D eigenvalue weighted by atomic mass is 35.5. The topological polar surface area (TPSA) is 49.4 Å². The van der Waals surface area contributed by atoms with Crippen molar-refractivity contribution in [2.24, 2.45) is 5.92 Å². The van der Waals surface area contributed by atoms with Gasteiger partial charge in [-0.05, 0) is 30.3 Å². The summed E-state index contributed by atoms with van der Waals surface area (Å²) in [4.78, 5) is 26.2. The molecule has 1 aliphatic heterocycles. The van der Waals surface area contributed by atoms with Crippen molar-refractivity contribution in [3.05, 3.63) is 56.5 Å². The standard InChI is InChI=1S/C17H12Cl4N2O2/c18-11-5-4-10(7-13(11)20)22-17(25)9-6-15(24)23(8-9)14-3-1-2-12(19)16(14)21/h1-5,7,9H,6,8H2,(H,22,25)/t9-/m1/s1. The zero-order chi connectivity index (χ0) is 18.1. The lowest BCUT2D eigenvalue weighted by molar-refractivity contribution is -0.122. The number of nitrogens with zero attached hydrogens (tertiary/aromatic N) is 1. The summed E-state index contributed by atoms with van der Waals surface area (Å²) in [6, 6.07) is 9.85. The second kappa shape index (κ2) is 7.42. The third kappa shape index (κ3) is 3.87. The van der Waals surface area contributed by atoms with Crippen LogP contribution in [0, 0.1) is 5.92 Å². The Kier molecular flexibility index (Phi) is 5.44. The van der Waals surface area contributed by atoms with Gasteiger partial charge in [-0.3, -0.25) is 9.59 Å². The maximum Gasteiger partial charge on any atom is 0.229 e. The number of carbonyl (C=O) groups excluding carboxylic acids is 2. The molecule has 1 heterocycles. The van der Waals surface area contributed by atoms with Gasteiger partial charge in [0.25, 0.3) is 0 Å². The van der Waals surface area contributed by atoms with Gasteiger partial charge in [-0.25, -0.2) is 0 Å². The molecule has 2 aromatic rings. The van der Waals surface area contributed by atoms with E-state index in [0.717, 1.165) is 0 Å². The molecule has 1 aliphatic rings. The highest BCUT2D eigenvalue weighted by molar-refractivity contribution is 6.44. The molecule has 1 atom stereocenters. The number of nitrogens with one attached hydrogen (secondary N) is 1. The molecule has 2 aromatic carbocycles. The van der Waals surface area contributed by atoms with Crippen molar-refractivity contribution in [2.45, 2.75) is 6.42 Å². The maximum atomic E-state index is 12.5. The molecule has 1 saturated heterocycles.